The molecular formula is C31H24FN3O4S. The second-order valence-electron chi connectivity index (χ2n) is 9.53. The monoisotopic (exact) mass is 553 g/mol. The minimum Gasteiger partial charge on any atom is -0.361 e. The van der Waals surface area contributed by atoms with Crippen molar-refractivity contribution in [3.8, 4) is 0 Å². The van der Waals surface area contributed by atoms with Gasteiger partial charge in [-0.05, 0) is 54.4 Å². The average Bonchev–Trinajstić information content (AvgIpc) is 3.36. The van der Waals surface area contributed by atoms with Crippen molar-refractivity contribution < 1.29 is 22.4 Å². The summed E-state index contributed by atoms with van der Waals surface area (Å²) in [7, 11) is -4.11. The fourth-order valence-electron chi connectivity index (χ4n) is 5.05. The Morgan fingerprint density at radius 1 is 0.875 bits per heavy atom. The number of H-pyrrole nitrogens is 1. The molecule has 40 heavy (non-hydrogen) atoms. The zero-order valence-electron chi connectivity index (χ0n) is 21.2. The number of hydrogen-bond donors (Lipinski definition) is 2. The predicted octanol–water partition coefficient (Wildman–Crippen LogP) is 5.27. The van der Waals surface area contributed by atoms with Crippen molar-refractivity contribution in [1.82, 2.24) is 10.3 Å². The number of carbonyl (C=O) groups excluding carboxylic acids is 2. The summed E-state index contributed by atoms with van der Waals surface area (Å²) in [5.41, 5.74) is 2.48. The lowest BCUT2D eigenvalue weighted by Gasteiger charge is -2.23. The van der Waals surface area contributed by atoms with Gasteiger partial charge >= 0.3 is 0 Å². The van der Waals surface area contributed by atoms with Crippen LogP contribution < -0.4 is 10.2 Å². The van der Waals surface area contributed by atoms with Gasteiger partial charge in [0.2, 0.25) is 9.84 Å². The number of para-hydroxylation sites is 1. The van der Waals surface area contributed by atoms with E-state index in [0.29, 0.717) is 13.0 Å². The summed E-state index contributed by atoms with van der Waals surface area (Å²) in [4.78, 5) is 31.1. The summed E-state index contributed by atoms with van der Waals surface area (Å²) in [6, 6.07) is 24.0. The van der Waals surface area contributed by atoms with Gasteiger partial charge in [-0.1, -0.05) is 48.5 Å². The Kier molecular flexibility index (Phi) is 6.43. The van der Waals surface area contributed by atoms with Crippen LogP contribution in [0.5, 0.6) is 0 Å². The maximum absolute atomic E-state index is 14.6. The highest BCUT2D eigenvalue weighted by Crippen LogP contribution is 2.38. The molecule has 9 heteroatoms. The lowest BCUT2D eigenvalue weighted by molar-refractivity contribution is 0.0950. The SMILES string of the molecule is O=C(NCCc1c[nH]c2ccccc12)c1ccc2c(c1)N(Cc1ccccc1F)C(=O)c1ccccc1S2(=O)=O. The quantitative estimate of drug-likeness (QED) is 0.299. The summed E-state index contributed by atoms with van der Waals surface area (Å²) >= 11 is 0. The summed E-state index contributed by atoms with van der Waals surface area (Å²) in [6.45, 7) is 0.132. The van der Waals surface area contributed by atoms with Crippen LogP contribution in [0.3, 0.4) is 0 Å². The van der Waals surface area contributed by atoms with E-state index in [1.54, 1.807) is 18.2 Å². The zero-order valence-corrected chi connectivity index (χ0v) is 22.0. The Labute approximate surface area is 230 Å². The van der Waals surface area contributed by atoms with Crippen molar-refractivity contribution in [2.24, 2.45) is 0 Å². The molecule has 7 nitrogen and oxygen atoms in total. The maximum atomic E-state index is 14.6. The third kappa shape index (κ3) is 4.44. The fourth-order valence-corrected chi connectivity index (χ4v) is 6.68. The van der Waals surface area contributed by atoms with Crippen LogP contribution in [0, 0.1) is 5.82 Å². The second kappa shape index (κ2) is 10.1. The first-order valence-corrected chi connectivity index (χ1v) is 14.2. The highest BCUT2D eigenvalue weighted by atomic mass is 32.2. The molecule has 0 radical (unpaired) electrons. The van der Waals surface area contributed by atoms with Gasteiger partial charge in [0.1, 0.15) is 5.82 Å². The number of benzene rings is 4. The van der Waals surface area contributed by atoms with Crippen molar-refractivity contribution in [2.45, 2.75) is 22.8 Å². The summed E-state index contributed by atoms with van der Waals surface area (Å²) in [6.07, 6.45) is 2.50. The van der Waals surface area contributed by atoms with Gasteiger partial charge in [-0.15, -0.1) is 0 Å². The van der Waals surface area contributed by atoms with Gasteiger partial charge in [-0.2, -0.15) is 0 Å². The van der Waals surface area contributed by atoms with Crippen molar-refractivity contribution in [2.75, 3.05) is 11.4 Å². The van der Waals surface area contributed by atoms with Crippen molar-refractivity contribution >= 4 is 38.2 Å². The van der Waals surface area contributed by atoms with Crippen LogP contribution in [0.1, 0.15) is 31.8 Å². The molecule has 6 rings (SSSR count). The number of halogens is 1. The number of nitrogens with one attached hydrogen (secondary N) is 2. The molecule has 0 unspecified atom stereocenters. The summed E-state index contributed by atoms with van der Waals surface area (Å²) in [5.74, 6) is -1.54. The van der Waals surface area contributed by atoms with Crippen LogP contribution in [0.15, 0.2) is 107 Å². The highest BCUT2D eigenvalue weighted by molar-refractivity contribution is 7.91. The van der Waals surface area contributed by atoms with E-state index in [4.69, 9.17) is 0 Å². The number of hydrogen-bond acceptors (Lipinski definition) is 4. The van der Waals surface area contributed by atoms with Gasteiger partial charge in [-0.25, -0.2) is 12.8 Å². The minimum absolute atomic E-state index is 0.0141. The standard InChI is InChI=1S/C31H24FN3O4S/c32-25-10-4-1-7-22(25)19-35-27-17-20(30(36)33-16-15-21-18-34-26-11-5-2-8-23(21)26)13-14-29(27)40(38,39)28-12-6-3-9-24(28)31(35)37/h1-14,17-18,34H,15-16,19H2,(H,33,36). The van der Waals surface area contributed by atoms with Gasteiger partial charge in [0.25, 0.3) is 11.8 Å². The molecule has 5 aromatic rings. The Balaban J connectivity index is 1.35. The van der Waals surface area contributed by atoms with E-state index in [1.165, 1.54) is 53.4 Å². The molecule has 0 saturated carbocycles. The molecule has 2 heterocycles. The van der Waals surface area contributed by atoms with Crippen molar-refractivity contribution in [3.63, 3.8) is 0 Å². The molecule has 0 bridgehead atoms. The first-order valence-electron chi connectivity index (χ1n) is 12.7. The molecule has 0 saturated heterocycles. The molecule has 200 valence electrons. The molecule has 0 atom stereocenters. The molecule has 0 spiro atoms. The van der Waals surface area contributed by atoms with E-state index in [2.05, 4.69) is 10.3 Å². The third-order valence-electron chi connectivity index (χ3n) is 7.09. The topological polar surface area (TPSA) is 99.3 Å². The number of carbonyl (C=O) groups is 2. The number of nitrogens with zero attached hydrogens (tertiary/aromatic N) is 1. The van der Waals surface area contributed by atoms with Crippen LogP contribution in [-0.4, -0.2) is 31.8 Å². The zero-order chi connectivity index (χ0) is 27.9. The average molecular weight is 554 g/mol. The smallest absolute Gasteiger partial charge is 0.259 e. The Bertz CT molecular complexity index is 1900. The van der Waals surface area contributed by atoms with Crippen molar-refractivity contribution in [3.05, 3.63) is 125 Å². The summed E-state index contributed by atoms with van der Waals surface area (Å²) < 4.78 is 42.0. The first-order chi connectivity index (χ1) is 19.3. The largest absolute Gasteiger partial charge is 0.361 e. The lowest BCUT2D eigenvalue weighted by Crippen LogP contribution is -2.31. The van der Waals surface area contributed by atoms with Crippen molar-refractivity contribution in [1.29, 1.82) is 0 Å². The van der Waals surface area contributed by atoms with E-state index in [1.807, 2.05) is 30.5 Å². The summed E-state index contributed by atoms with van der Waals surface area (Å²) in [5, 5.41) is 3.96. The van der Waals surface area contributed by atoms with Crippen LogP contribution >= 0.6 is 0 Å². The normalized spacial score (nSPS) is 13.9. The number of aromatic nitrogens is 1. The van der Waals surface area contributed by atoms with Crippen LogP contribution in [0.25, 0.3) is 10.9 Å². The molecule has 1 aliphatic rings. The van der Waals surface area contributed by atoms with E-state index >= 15 is 0 Å². The minimum atomic E-state index is -4.11. The fraction of sp³-hybridized carbons (Fsp3) is 0.0968. The van der Waals surface area contributed by atoms with Gasteiger partial charge < -0.3 is 15.2 Å². The Morgan fingerprint density at radius 2 is 1.62 bits per heavy atom. The molecule has 2 amide bonds. The number of rotatable bonds is 6. The van der Waals surface area contributed by atoms with Gasteiger partial charge in [-0.3, -0.25) is 9.59 Å². The number of aromatic amines is 1. The van der Waals surface area contributed by atoms with Gasteiger partial charge in [0, 0.05) is 34.8 Å². The van der Waals surface area contributed by atoms with Crippen LogP contribution in [-0.2, 0) is 22.8 Å². The molecular weight excluding hydrogens is 529 g/mol. The number of amides is 2. The maximum Gasteiger partial charge on any atom is 0.259 e. The molecule has 4 aromatic carbocycles. The molecule has 1 aromatic heterocycles. The molecule has 1 aliphatic heterocycles. The molecule has 0 aliphatic carbocycles. The van der Waals surface area contributed by atoms with E-state index < -0.39 is 27.5 Å². The van der Waals surface area contributed by atoms with Gasteiger partial charge in [0.15, 0.2) is 0 Å². The highest BCUT2D eigenvalue weighted by Gasteiger charge is 2.36. The number of sulfone groups is 1. The van der Waals surface area contributed by atoms with E-state index in [-0.39, 0.29) is 38.7 Å². The van der Waals surface area contributed by atoms with Crippen LogP contribution in [0.2, 0.25) is 0 Å². The number of anilines is 1. The van der Waals surface area contributed by atoms with E-state index in [0.717, 1.165) is 16.5 Å². The predicted molar refractivity (Wildman–Crippen MR) is 150 cm³/mol. The third-order valence-corrected chi connectivity index (χ3v) is 8.95. The Hall–Kier alpha value is -4.76. The molecule has 2 N–H and O–H groups in total. The first kappa shape index (κ1) is 25.5. The second-order valence-corrected chi connectivity index (χ2v) is 11.4. The number of fused-ring (bicyclic) bond motifs is 3. The van der Waals surface area contributed by atoms with Gasteiger partial charge in [0.05, 0.1) is 27.6 Å². The molecule has 0 fully saturated rings. The lowest BCUT2D eigenvalue weighted by atomic mass is 10.1. The van der Waals surface area contributed by atoms with E-state index in [9.17, 15) is 22.4 Å². The van der Waals surface area contributed by atoms with Crippen LogP contribution in [0.4, 0.5) is 10.1 Å². The Morgan fingerprint density at radius 3 is 2.48 bits per heavy atom.